The fourth-order valence-corrected chi connectivity index (χ4v) is 5.18. The second-order valence-corrected chi connectivity index (χ2v) is 12.2. The van der Waals surface area contributed by atoms with Crippen molar-refractivity contribution in [3.8, 4) is 11.9 Å². The van der Waals surface area contributed by atoms with E-state index in [0.717, 1.165) is 19.3 Å². The van der Waals surface area contributed by atoms with E-state index < -0.39 is 17.6 Å². The van der Waals surface area contributed by atoms with Crippen LogP contribution < -0.4 is 17.2 Å². The molecule has 1 unspecified atom stereocenters. The van der Waals surface area contributed by atoms with Gasteiger partial charge in [-0.25, -0.2) is 23.7 Å². The van der Waals surface area contributed by atoms with Crippen LogP contribution in [0.15, 0.2) is 37.6 Å². The van der Waals surface area contributed by atoms with E-state index in [-0.39, 0.29) is 63.6 Å². The number of hydrogen-bond donors (Lipinski definition) is 3. The number of aromatic nitrogens is 11. The van der Waals surface area contributed by atoms with Gasteiger partial charge in [0.25, 0.3) is 5.95 Å². The number of azo groups is 2. The van der Waals surface area contributed by atoms with Crippen LogP contribution in [0.5, 0.6) is 0 Å². The first kappa shape index (κ1) is 35.2. The molecule has 1 aliphatic carbocycles. The summed E-state index contributed by atoms with van der Waals surface area (Å²) < 4.78 is 14.8. The Morgan fingerprint density at radius 2 is 1.42 bits per heavy atom. The lowest BCUT2D eigenvalue weighted by molar-refractivity contribution is 0.0592. The van der Waals surface area contributed by atoms with E-state index in [1.807, 2.05) is 13.8 Å². The van der Waals surface area contributed by atoms with Gasteiger partial charge in [0, 0.05) is 14.1 Å². The van der Waals surface area contributed by atoms with Gasteiger partial charge in [0.15, 0.2) is 34.6 Å². The minimum absolute atomic E-state index is 0.000856. The van der Waals surface area contributed by atoms with Crippen molar-refractivity contribution >= 4 is 46.6 Å². The number of H-pyrrole nitrogens is 1. The molecule has 272 valence electrons. The summed E-state index contributed by atoms with van der Waals surface area (Å²) in [7, 11) is 5.70. The van der Waals surface area contributed by atoms with Crippen molar-refractivity contribution in [3.63, 3.8) is 0 Å². The maximum atomic E-state index is 13.0. The number of aromatic amines is 1. The lowest BCUT2D eigenvalue weighted by Crippen LogP contribution is -2.22. The normalized spacial score (nSPS) is 13.7. The molecule has 5 aromatic rings. The predicted octanol–water partition coefficient (Wildman–Crippen LogP) is 3.11. The SMILES string of the molecule is CCC(C)Cc1nn(-c2nc(-n3nc(CC4CC4)c(N=Nc4c(C(=O)OC)cnn4C)c3N)nc(=O)[nH]2)c(N)c1N=Nc1c(C(=O)OC)cnn1C. The molecule has 22 nitrogen and oxygen atoms in total. The number of nitrogens with two attached hydrogens (primary N) is 2. The Morgan fingerprint density at radius 1 is 0.885 bits per heavy atom. The summed E-state index contributed by atoms with van der Waals surface area (Å²) >= 11 is 0. The van der Waals surface area contributed by atoms with Gasteiger partial charge in [0.2, 0.25) is 5.95 Å². The number of nitrogen functional groups attached to an aromatic ring is 2. The molecule has 5 aromatic heterocycles. The van der Waals surface area contributed by atoms with Crippen molar-refractivity contribution < 1.29 is 19.1 Å². The number of carbonyl (C=O) groups excluding carboxylic acids is 2. The smallest absolute Gasteiger partial charge is 0.351 e. The Balaban J connectivity index is 1.42. The standard InChI is InChI=1S/C30H37N17O5/c1-7-14(2)10-18-20(38-40-24-16(26(48)51-5)12-33-44(24)3)22(31)46(42-18)28-35-29(37-30(50)36-28)47-23(32)21(19(43-47)11-15-8-9-15)39-41-25-17(27(49)52-6)13-34-45(25)4/h12-15H,7-11,31-32H2,1-6H3,(H,35,36,37,50). The van der Waals surface area contributed by atoms with Crippen LogP contribution >= 0.6 is 0 Å². The van der Waals surface area contributed by atoms with Crippen LogP contribution in [0.2, 0.25) is 0 Å². The highest BCUT2D eigenvalue weighted by atomic mass is 16.5. The molecule has 1 atom stereocenters. The van der Waals surface area contributed by atoms with E-state index in [0.29, 0.717) is 30.1 Å². The Kier molecular flexibility index (Phi) is 9.70. The van der Waals surface area contributed by atoms with Gasteiger partial charge in [-0.2, -0.15) is 39.7 Å². The molecule has 6 rings (SSSR count). The number of methoxy groups -OCH3 is 2. The lowest BCUT2D eigenvalue weighted by Gasteiger charge is -2.06. The molecule has 1 fully saturated rings. The van der Waals surface area contributed by atoms with Crippen molar-refractivity contribution in [3.05, 3.63) is 45.4 Å². The van der Waals surface area contributed by atoms with Crippen molar-refractivity contribution in [1.29, 1.82) is 0 Å². The van der Waals surface area contributed by atoms with Crippen LogP contribution in [0.1, 0.15) is 65.2 Å². The van der Waals surface area contributed by atoms with Crippen molar-refractivity contribution in [2.24, 2.45) is 46.4 Å². The highest BCUT2D eigenvalue weighted by Crippen LogP contribution is 2.39. The van der Waals surface area contributed by atoms with Crippen LogP contribution in [0.25, 0.3) is 11.9 Å². The molecule has 0 aliphatic heterocycles. The molecule has 0 radical (unpaired) electrons. The first-order valence-electron chi connectivity index (χ1n) is 16.2. The number of carbonyl (C=O) groups is 2. The van der Waals surface area contributed by atoms with E-state index >= 15 is 0 Å². The molecule has 0 amide bonds. The van der Waals surface area contributed by atoms with Crippen LogP contribution in [0.3, 0.4) is 0 Å². The zero-order valence-corrected chi connectivity index (χ0v) is 29.3. The molecular formula is C30H37N17O5. The largest absolute Gasteiger partial charge is 0.465 e. The Bertz CT molecular complexity index is 2270. The van der Waals surface area contributed by atoms with E-state index in [1.165, 1.54) is 45.3 Å². The molecule has 22 heteroatoms. The zero-order valence-electron chi connectivity index (χ0n) is 29.3. The minimum Gasteiger partial charge on any atom is -0.465 e. The number of esters is 2. The molecule has 1 saturated carbocycles. The van der Waals surface area contributed by atoms with Crippen molar-refractivity contribution in [1.82, 2.24) is 54.1 Å². The van der Waals surface area contributed by atoms with Gasteiger partial charge in [-0.1, -0.05) is 20.3 Å². The van der Waals surface area contributed by atoms with Crippen LogP contribution in [-0.2, 0) is 36.4 Å². The molecule has 0 bridgehead atoms. The molecular weight excluding hydrogens is 678 g/mol. The maximum Gasteiger partial charge on any atom is 0.351 e. The summed E-state index contributed by atoms with van der Waals surface area (Å²) in [6.45, 7) is 4.07. The van der Waals surface area contributed by atoms with E-state index in [9.17, 15) is 14.4 Å². The summed E-state index contributed by atoms with van der Waals surface area (Å²) in [5.41, 5.74) is 14.0. The fraction of sp³-hybridized carbons (Fsp3) is 0.433. The third-order valence-electron chi connectivity index (χ3n) is 8.48. The van der Waals surface area contributed by atoms with Crippen molar-refractivity contribution in [2.45, 2.75) is 46.0 Å². The Labute approximate surface area is 295 Å². The summed E-state index contributed by atoms with van der Waals surface area (Å²) in [5, 5.41) is 34.7. The molecule has 0 saturated heterocycles. The monoisotopic (exact) mass is 715 g/mol. The first-order valence-corrected chi connectivity index (χ1v) is 16.2. The number of hydrogen-bond acceptors (Lipinski definition) is 17. The number of anilines is 2. The van der Waals surface area contributed by atoms with Gasteiger partial charge in [0.05, 0.1) is 38.0 Å². The summed E-state index contributed by atoms with van der Waals surface area (Å²) in [5.74, 6) is -0.741. The number of nitrogens with one attached hydrogen (secondary N) is 1. The number of nitrogens with zero attached hydrogens (tertiary/aromatic N) is 14. The third kappa shape index (κ3) is 6.89. The highest BCUT2D eigenvalue weighted by molar-refractivity contribution is 5.94. The van der Waals surface area contributed by atoms with Gasteiger partial charge < -0.3 is 20.9 Å². The number of rotatable bonds is 13. The van der Waals surface area contributed by atoms with Crippen LogP contribution in [-0.4, -0.2) is 80.2 Å². The average molecular weight is 716 g/mol. The zero-order chi connectivity index (χ0) is 37.3. The highest BCUT2D eigenvalue weighted by Gasteiger charge is 2.29. The summed E-state index contributed by atoms with van der Waals surface area (Å²) in [6.07, 6.45) is 6.48. The van der Waals surface area contributed by atoms with Gasteiger partial charge in [-0.3, -0.25) is 4.98 Å². The lowest BCUT2D eigenvalue weighted by atomic mass is 10.0. The van der Waals surface area contributed by atoms with E-state index in [1.54, 1.807) is 14.1 Å². The van der Waals surface area contributed by atoms with Gasteiger partial charge >= 0.3 is 17.6 Å². The Morgan fingerprint density at radius 3 is 1.96 bits per heavy atom. The van der Waals surface area contributed by atoms with Crippen molar-refractivity contribution in [2.75, 3.05) is 25.7 Å². The van der Waals surface area contributed by atoms with Gasteiger partial charge in [0.1, 0.15) is 11.1 Å². The summed E-state index contributed by atoms with van der Waals surface area (Å²) in [6, 6.07) is 0. The van der Waals surface area contributed by atoms with E-state index in [2.05, 4.69) is 55.8 Å². The summed E-state index contributed by atoms with van der Waals surface area (Å²) in [4.78, 5) is 48.7. The first-order chi connectivity index (χ1) is 24.9. The minimum atomic E-state index is -0.793. The molecule has 0 spiro atoms. The topological polar surface area (TPSA) is 284 Å². The van der Waals surface area contributed by atoms with Crippen LogP contribution in [0, 0.1) is 11.8 Å². The second kappa shape index (κ2) is 14.3. The average Bonchev–Trinajstić information content (AvgIpc) is 3.49. The molecule has 52 heavy (non-hydrogen) atoms. The van der Waals surface area contributed by atoms with Gasteiger partial charge in [-0.05, 0) is 37.5 Å². The Hall–Kier alpha value is -6.61. The number of ether oxygens (including phenoxy) is 2. The molecule has 5 heterocycles. The second-order valence-electron chi connectivity index (χ2n) is 12.2. The molecule has 1 aliphatic rings. The molecule has 5 N–H and O–H groups in total. The van der Waals surface area contributed by atoms with Gasteiger partial charge in [-0.15, -0.1) is 20.5 Å². The predicted molar refractivity (Wildman–Crippen MR) is 183 cm³/mol. The maximum absolute atomic E-state index is 13.0. The molecule has 0 aromatic carbocycles. The van der Waals surface area contributed by atoms with E-state index in [4.69, 9.17) is 20.9 Å². The third-order valence-corrected chi connectivity index (χ3v) is 8.48. The fourth-order valence-electron chi connectivity index (χ4n) is 5.18. The van der Waals surface area contributed by atoms with Crippen LogP contribution in [0.4, 0.5) is 34.6 Å². The number of aryl methyl sites for hydroxylation is 2. The quantitative estimate of drug-likeness (QED) is 0.117.